The van der Waals surface area contributed by atoms with Gasteiger partial charge < -0.3 is 4.90 Å². The molecular weight excluding hydrogens is 419 g/mol. The van der Waals surface area contributed by atoms with Crippen LogP contribution in [-0.4, -0.2) is 27.7 Å². The summed E-state index contributed by atoms with van der Waals surface area (Å²) in [5.74, 6) is 0.210. The Hall–Kier alpha value is -2.50. The van der Waals surface area contributed by atoms with Crippen LogP contribution in [-0.2, 0) is 17.6 Å². The highest BCUT2D eigenvalue weighted by atomic mass is 32.2. The molecule has 8 heteroatoms. The van der Waals surface area contributed by atoms with Gasteiger partial charge in [-0.05, 0) is 62.9 Å². The Bertz CT molecular complexity index is 1140. The van der Waals surface area contributed by atoms with Crippen LogP contribution in [0.1, 0.15) is 36.0 Å². The number of aryl methyl sites for hydroxylation is 3. The van der Waals surface area contributed by atoms with E-state index in [0.717, 1.165) is 34.5 Å². The van der Waals surface area contributed by atoms with E-state index in [1.807, 2.05) is 13.8 Å². The van der Waals surface area contributed by atoms with Crippen LogP contribution in [0, 0.1) is 24.1 Å². The number of carbonyl (C=O) groups is 1. The number of thioether (sulfide) groups is 1. The molecule has 1 aliphatic carbocycles. The van der Waals surface area contributed by atoms with Gasteiger partial charge in [0.2, 0.25) is 5.91 Å². The molecule has 4 rings (SSSR count). The van der Waals surface area contributed by atoms with E-state index in [1.54, 1.807) is 28.4 Å². The van der Waals surface area contributed by atoms with Gasteiger partial charge in [0, 0.05) is 22.5 Å². The Balaban J connectivity index is 1.63. The number of rotatable bonds is 6. The average molecular weight is 441 g/mol. The fourth-order valence-corrected chi connectivity index (χ4v) is 6.19. The highest BCUT2D eigenvalue weighted by molar-refractivity contribution is 8.00. The van der Waals surface area contributed by atoms with Crippen molar-refractivity contribution in [2.24, 2.45) is 0 Å². The Kier molecular flexibility index (Phi) is 6.02. The van der Waals surface area contributed by atoms with Crippen molar-refractivity contribution in [2.45, 2.75) is 49.8 Å². The molecule has 0 N–H and O–H groups in total. The number of nitriles is 1. The van der Waals surface area contributed by atoms with Crippen LogP contribution in [0.3, 0.4) is 0 Å². The zero-order valence-corrected chi connectivity index (χ0v) is 18.4. The molecule has 0 radical (unpaired) electrons. The van der Waals surface area contributed by atoms with Gasteiger partial charge in [-0.2, -0.15) is 5.26 Å². The number of amides is 1. The number of halogens is 1. The summed E-state index contributed by atoms with van der Waals surface area (Å²) in [6.45, 7) is 3.99. The lowest BCUT2D eigenvalue weighted by molar-refractivity contribution is -0.117. The molecule has 0 saturated carbocycles. The van der Waals surface area contributed by atoms with Crippen molar-refractivity contribution < 1.29 is 9.18 Å². The molecule has 154 valence electrons. The fraction of sp³-hybridized carbons (Fsp3) is 0.364. The van der Waals surface area contributed by atoms with Gasteiger partial charge in [-0.25, -0.2) is 14.4 Å². The maximum atomic E-state index is 13.3. The van der Waals surface area contributed by atoms with Crippen LogP contribution in [0.5, 0.6) is 0 Å². The molecule has 5 nitrogen and oxygen atoms in total. The number of hydrogen-bond donors (Lipinski definition) is 0. The molecule has 1 aromatic carbocycles. The summed E-state index contributed by atoms with van der Waals surface area (Å²) < 4.78 is 13.3. The average Bonchev–Trinajstić information content (AvgIpc) is 3.29. The summed E-state index contributed by atoms with van der Waals surface area (Å²) in [6, 6.07) is 7.88. The SMILES string of the molecule is Cc1nc(S[C@@H](C)C(=O)N(CCC#N)c2ccc(F)cc2)c2c3c(sc2n1)CCC3. The van der Waals surface area contributed by atoms with Gasteiger partial charge in [0.1, 0.15) is 21.5 Å². The van der Waals surface area contributed by atoms with Crippen LogP contribution in [0.25, 0.3) is 10.2 Å². The molecular formula is C22H21FN4OS2. The zero-order chi connectivity index (χ0) is 21.3. The van der Waals surface area contributed by atoms with Gasteiger partial charge in [-0.3, -0.25) is 4.79 Å². The molecule has 1 aliphatic rings. The minimum Gasteiger partial charge on any atom is -0.310 e. The van der Waals surface area contributed by atoms with Crippen LogP contribution in [0.4, 0.5) is 10.1 Å². The first-order valence-corrected chi connectivity index (χ1v) is 11.6. The highest BCUT2D eigenvalue weighted by Crippen LogP contribution is 2.41. The zero-order valence-electron chi connectivity index (χ0n) is 16.8. The van der Waals surface area contributed by atoms with Gasteiger partial charge in [-0.15, -0.1) is 11.3 Å². The summed E-state index contributed by atoms with van der Waals surface area (Å²) in [6.07, 6.45) is 3.47. The van der Waals surface area contributed by atoms with Crippen molar-refractivity contribution in [1.29, 1.82) is 5.26 Å². The Morgan fingerprint density at radius 2 is 2.10 bits per heavy atom. The maximum Gasteiger partial charge on any atom is 0.240 e. The van der Waals surface area contributed by atoms with Crippen LogP contribution >= 0.6 is 23.1 Å². The predicted molar refractivity (Wildman–Crippen MR) is 118 cm³/mol. The van der Waals surface area contributed by atoms with Crippen molar-refractivity contribution in [3.63, 3.8) is 0 Å². The molecule has 2 aromatic heterocycles. The summed E-state index contributed by atoms with van der Waals surface area (Å²) in [5.41, 5.74) is 1.92. The quantitative estimate of drug-likeness (QED) is 0.396. The van der Waals surface area contributed by atoms with Gasteiger partial charge in [0.15, 0.2) is 0 Å². The topological polar surface area (TPSA) is 69.9 Å². The van der Waals surface area contributed by atoms with E-state index in [1.165, 1.54) is 34.3 Å². The molecule has 1 atom stereocenters. The molecule has 2 heterocycles. The standard InChI is InChI=1S/C22H21FN4OS2/c1-13(22(28)27(12-4-11-24)16-9-7-15(23)8-10-16)29-20-19-17-5-3-6-18(17)30-21(19)26-14(2)25-20/h7-10,13H,3-6,12H2,1-2H3/t13-/m0/s1. The maximum absolute atomic E-state index is 13.3. The molecule has 30 heavy (non-hydrogen) atoms. The Morgan fingerprint density at radius 1 is 1.33 bits per heavy atom. The minimum absolute atomic E-state index is 0.127. The number of carbonyl (C=O) groups excluding carboxylic acids is 1. The second kappa shape index (κ2) is 8.70. The predicted octanol–water partition coefficient (Wildman–Crippen LogP) is 5.06. The van der Waals surface area contributed by atoms with Crippen molar-refractivity contribution in [1.82, 2.24) is 9.97 Å². The third-order valence-corrected chi connectivity index (χ3v) is 7.39. The van der Waals surface area contributed by atoms with Crippen LogP contribution < -0.4 is 4.90 Å². The normalized spacial score (nSPS) is 13.8. The third-order valence-electron chi connectivity index (χ3n) is 5.13. The monoisotopic (exact) mass is 440 g/mol. The second-order valence-electron chi connectivity index (χ2n) is 7.25. The first-order chi connectivity index (χ1) is 14.5. The van der Waals surface area contributed by atoms with E-state index in [-0.39, 0.29) is 24.7 Å². The number of thiophene rings is 1. The molecule has 0 saturated heterocycles. The lowest BCUT2D eigenvalue weighted by atomic mass is 10.2. The minimum atomic E-state index is -0.414. The van der Waals surface area contributed by atoms with Crippen molar-refractivity contribution in [2.75, 3.05) is 11.4 Å². The van der Waals surface area contributed by atoms with Gasteiger partial charge in [-0.1, -0.05) is 11.8 Å². The van der Waals surface area contributed by atoms with Crippen LogP contribution in [0.2, 0.25) is 0 Å². The summed E-state index contributed by atoms with van der Waals surface area (Å²) in [4.78, 5) is 26.5. The second-order valence-corrected chi connectivity index (χ2v) is 9.66. The molecule has 0 fully saturated rings. The number of anilines is 1. The van der Waals surface area contributed by atoms with Crippen molar-refractivity contribution in [3.05, 3.63) is 46.3 Å². The largest absolute Gasteiger partial charge is 0.310 e. The number of nitrogens with zero attached hydrogens (tertiary/aromatic N) is 4. The number of benzene rings is 1. The van der Waals surface area contributed by atoms with Gasteiger partial charge >= 0.3 is 0 Å². The van der Waals surface area contributed by atoms with Gasteiger partial charge in [0.05, 0.1) is 17.7 Å². The van der Waals surface area contributed by atoms with E-state index in [2.05, 4.69) is 16.0 Å². The van der Waals surface area contributed by atoms with E-state index >= 15 is 0 Å². The molecule has 0 aliphatic heterocycles. The van der Waals surface area contributed by atoms with Crippen molar-refractivity contribution >= 4 is 44.9 Å². The first-order valence-electron chi connectivity index (χ1n) is 9.87. The van der Waals surface area contributed by atoms with Crippen LogP contribution in [0.15, 0.2) is 29.3 Å². The Morgan fingerprint density at radius 3 is 2.83 bits per heavy atom. The Labute approximate surface area is 182 Å². The van der Waals surface area contributed by atoms with Crippen molar-refractivity contribution in [3.8, 4) is 6.07 Å². The summed E-state index contributed by atoms with van der Waals surface area (Å²) in [5, 5.41) is 10.5. The van der Waals surface area contributed by atoms with E-state index in [0.29, 0.717) is 11.5 Å². The fourth-order valence-electron chi connectivity index (χ4n) is 3.74. The molecule has 1 amide bonds. The number of hydrogen-bond acceptors (Lipinski definition) is 6. The van der Waals surface area contributed by atoms with Gasteiger partial charge in [0.25, 0.3) is 0 Å². The summed E-state index contributed by atoms with van der Waals surface area (Å²) >= 11 is 3.17. The molecule has 0 bridgehead atoms. The third kappa shape index (κ3) is 4.05. The number of aromatic nitrogens is 2. The highest BCUT2D eigenvalue weighted by Gasteiger charge is 2.27. The number of fused-ring (bicyclic) bond motifs is 3. The van der Waals surface area contributed by atoms with E-state index < -0.39 is 5.25 Å². The first kappa shape index (κ1) is 20.8. The molecule has 0 spiro atoms. The molecule has 0 unspecified atom stereocenters. The smallest absolute Gasteiger partial charge is 0.240 e. The lowest BCUT2D eigenvalue weighted by Gasteiger charge is -2.25. The molecule has 3 aromatic rings. The van der Waals surface area contributed by atoms with E-state index in [9.17, 15) is 9.18 Å². The lowest BCUT2D eigenvalue weighted by Crippen LogP contribution is -2.37. The van der Waals surface area contributed by atoms with E-state index in [4.69, 9.17) is 5.26 Å². The summed E-state index contributed by atoms with van der Waals surface area (Å²) in [7, 11) is 0.